The minimum atomic E-state index is -0.492. The Bertz CT molecular complexity index is 1430. The Morgan fingerprint density at radius 1 is 1.05 bits per heavy atom. The molecule has 0 aliphatic carbocycles. The Morgan fingerprint density at radius 2 is 1.84 bits per heavy atom. The van der Waals surface area contributed by atoms with Crippen molar-refractivity contribution < 1.29 is 18.7 Å². The molecule has 4 aromatic rings. The number of nitrogens with one attached hydrogen (secondary N) is 2. The Kier molecular flexibility index (Phi) is 6.96. The Hall–Kier alpha value is -3.55. The fourth-order valence-electron chi connectivity index (χ4n) is 5.53. The van der Waals surface area contributed by atoms with Crippen LogP contribution in [0.2, 0.25) is 5.02 Å². The monoisotopic (exact) mass is 533 g/mol. The van der Waals surface area contributed by atoms with E-state index in [1.54, 1.807) is 4.90 Å². The molecule has 1 fully saturated rings. The highest BCUT2D eigenvalue weighted by molar-refractivity contribution is 6.31. The van der Waals surface area contributed by atoms with Crippen LogP contribution >= 0.6 is 11.6 Å². The molecule has 0 radical (unpaired) electrons. The Morgan fingerprint density at radius 3 is 2.61 bits per heavy atom. The van der Waals surface area contributed by atoms with Gasteiger partial charge >= 0.3 is 6.09 Å². The minimum absolute atomic E-state index is 0.296. The lowest BCUT2D eigenvalue weighted by Gasteiger charge is -2.35. The smallest absolute Gasteiger partial charge is 0.416 e. The lowest BCUT2D eigenvalue weighted by molar-refractivity contribution is 0.135. The van der Waals surface area contributed by atoms with Crippen molar-refractivity contribution in [3.63, 3.8) is 0 Å². The van der Waals surface area contributed by atoms with Crippen LogP contribution < -0.4 is 14.8 Å². The van der Waals surface area contributed by atoms with Gasteiger partial charge in [-0.15, -0.1) is 0 Å². The van der Waals surface area contributed by atoms with Gasteiger partial charge in [-0.05, 0) is 98.0 Å². The molecule has 3 aromatic carbocycles. The van der Waals surface area contributed by atoms with E-state index in [0.29, 0.717) is 36.4 Å². The maximum atomic E-state index is 13.4. The van der Waals surface area contributed by atoms with Crippen LogP contribution in [0.1, 0.15) is 42.1 Å². The van der Waals surface area contributed by atoms with E-state index in [2.05, 4.69) is 10.3 Å². The Labute approximate surface area is 225 Å². The third-order valence-corrected chi connectivity index (χ3v) is 7.67. The van der Waals surface area contributed by atoms with E-state index < -0.39 is 12.1 Å². The molecule has 0 bridgehead atoms. The van der Waals surface area contributed by atoms with Crippen molar-refractivity contribution in [2.24, 2.45) is 0 Å². The first-order chi connectivity index (χ1) is 18.5. The van der Waals surface area contributed by atoms with E-state index in [9.17, 15) is 9.18 Å². The number of nitrogens with zero attached hydrogens (tertiary/aromatic N) is 1. The zero-order valence-electron chi connectivity index (χ0n) is 20.9. The van der Waals surface area contributed by atoms with E-state index in [0.717, 1.165) is 46.4 Å². The van der Waals surface area contributed by atoms with Gasteiger partial charge in [-0.25, -0.2) is 9.18 Å². The van der Waals surface area contributed by atoms with Crippen molar-refractivity contribution in [1.82, 2.24) is 15.2 Å². The molecular formula is C30H29ClFN3O3. The van der Waals surface area contributed by atoms with Crippen LogP contribution in [-0.4, -0.2) is 41.7 Å². The molecule has 3 heterocycles. The van der Waals surface area contributed by atoms with Crippen molar-refractivity contribution >= 4 is 28.6 Å². The molecule has 8 heteroatoms. The number of rotatable bonds is 6. The lowest BCUT2D eigenvalue weighted by atomic mass is 9.92. The van der Waals surface area contributed by atoms with Gasteiger partial charge in [-0.3, -0.25) is 4.90 Å². The second kappa shape index (κ2) is 10.7. The van der Waals surface area contributed by atoms with E-state index in [-0.39, 0.29) is 5.82 Å². The van der Waals surface area contributed by atoms with Gasteiger partial charge in [0.15, 0.2) is 0 Å². The topological polar surface area (TPSA) is 66.6 Å². The molecule has 2 aliphatic rings. The van der Waals surface area contributed by atoms with Gasteiger partial charge in [0, 0.05) is 34.2 Å². The highest BCUT2D eigenvalue weighted by Gasteiger charge is 2.35. The maximum absolute atomic E-state index is 13.4. The summed E-state index contributed by atoms with van der Waals surface area (Å²) in [5.41, 5.74) is 3.98. The van der Waals surface area contributed by atoms with E-state index in [4.69, 9.17) is 21.1 Å². The summed E-state index contributed by atoms with van der Waals surface area (Å²) < 4.78 is 25.0. The molecule has 2 N–H and O–H groups in total. The first kappa shape index (κ1) is 24.8. The molecule has 196 valence electrons. The molecule has 2 atom stereocenters. The van der Waals surface area contributed by atoms with E-state index >= 15 is 0 Å². The van der Waals surface area contributed by atoms with Gasteiger partial charge < -0.3 is 19.8 Å². The third kappa shape index (κ3) is 5.08. The number of halogens is 2. The molecule has 2 unspecified atom stereocenters. The molecule has 2 aliphatic heterocycles. The van der Waals surface area contributed by atoms with Crippen LogP contribution in [0, 0.1) is 5.82 Å². The summed E-state index contributed by atoms with van der Waals surface area (Å²) in [6.07, 6.45) is 3.57. The predicted octanol–water partition coefficient (Wildman–Crippen LogP) is 6.63. The highest BCUT2D eigenvalue weighted by atomic mass is 35.5. The van der Waals surface area contributed by atoms with Crippen LogP contribution in [0.3, 0.4) is 0 Å². The predicted molar refractivity (Wildman–Crippen MR) is 146 cm³/mol. The largest absolute Gasteiger partial charge is 0.494 e. The lowest BCUT2D eigenvalue weighted by Crippen LogP contribution is -2.42. The fraction of sp³-hybridized carbons (Fsp3) is 0.300. The zero-order chi connectivity index (χ0) is 26.1. The quantitative estimate of drug-likeness (QED) is 0.292. The van der Waals surface area contributed by atoms with Crippen LogP contribution in [-0.2, 0) is 6.42 Å². The van der Waals surface area contributed by atoms with Gasteiger partial charge in [0.25, 0.3) is 0 Å². The number of aromatic amines is 1. The standard InChI is InChI=1S/C30H29ClFN3O3/c31-20-5-12-27-26(18-20)25-13-16-35(30(36)38-24-10-6-21(32)7-11-24)29(28(25)34-27)19-3-8-23(9-4-19)37-17-14-22-2-1-15-33-22/h3-12,18,22,29,33-34H,1-2,13-17H2. The van der Waals surface area contributed by atoms with Gasteiger partial charge in [0.05, 0.1) is 6.61 Å². The summed E-state index contributed by atoms with van der Waals surface area (Å²) in [6, 6.07) is 19.3. The van der Waals surface area contributed by atoms with E-state index in [1.807, 2.05) is 42.5 Å². The van der Waals surface area contributed by atoms with Crippen LogP contribution in [0.5, 0.6) is 11.5 Å². The summed E-state index contributed by atoms with van der Waals surface area (Å²) in [4.78, 5) is 18.6. The number of hydrogen-bond donors (Lipinski definition) is 2. The number of carbonyl (C=O) groups excluding carboxylic acids is 1. The van der Waals surface area contributed by atoms with Gasteiger partial charge in [0.2, 0.25) is 0 Å². The Balaban J connectivity index is 1.28. The molecule has 1 aromatic heterocycles. The first-order valence-electron chi connectivity index (χ1n) is 13.1. The maximum Gasteiger partial charge on any atom is 0.416 e. The SMILES string of the molecule is O=C(Oc1ccc(F)cc1)N1CCc2c([nH]c3ccc(Cl)cc23)C1c1ccc(OCCC2CCCN2)cc1. The number of aromatic nitrogens is 1. The summed E-state index contributed by atoms with van der Waals surface area (Å²) >= 11 is 6.31. The fourth-order valence-corrected chi connectivity index (χ4v) is 5.71. The molecule has 1 saturated heterocycles. The summed E-state index contributed by atoms with van der Waals surface area (Å²) in [7, 11) is 0. The number of amides is 1. The second-order valence-corrected chi connectivity index (χ2v) is 10.3. The average Bonchev–Trinajstić information content (AvgIpc) is 3.57. The summed E-state index contributed by atoms with van der Waals surface area (Å²) in [6.45, 7) is 2.20. The van der Waals surface area contributed by atoms with Crippen LogP contribution in [0.25, 0.3) is 10.9 Å². The minimum Gasteiger partial charge on any atom is -0.494 e. The van der Waals surface area contributed by atoms with Gasteiger partial charge in [-0.2, -0.15) is 0 Å². The average molecular weight is 534 g/mol. The van der Waals surface area contributed by atoms with Crippen LogP contribution in [0.15, 0.2) is 66.7 Å². The molecule has 38 heavy (non-hydrogen) atoms. The number of H-pyrrole nitrogens is 1. The van der Waals surface area contributed by atoms with E-state index in [1.165, 1.54) is 37.1 Å². The normalized spacial score (nSPS) is 18.9. The van der Waals surface area contributed by atoms with Gasteiger partial charge in [-0.1, -0.05) is 23.7 Å². The molecule has 6 nitrogen and oxygen atoms in total. The number of hydrogen-bond acceptors (Lipinski definition) is 4. The third-order valence-electron chi connectivity index (χ3n) is 7.44. The van der Waals surface area contributed by atoms with Gasteiger partial charge in [0.1, 0.15) is 23.4 Å². The highest BCUT2D eigenvalue weighted by Crippen LogP contribution is 2.40. The molecular weight excluding hydrogens is 505 g/mol. The molecule has 6 rings (SSSR count). The second-order valence-electron chi connectivity index (χ2n) is 9.87. The summed E-state index contributed by atoms with van der Waals surface area (Å²) in [5.74, 6) is 0.709. The summed E-state index contributed by atoms with van der Waals surface area (Å²) in [5, 5.41) is 5.22. The van der Waals surface area contributed by atoms with Crippen molar-refractivity contribution in [3.8, 4) is 11.5 Å². The van der Waals surface area contributed by atoms with Crippen molar-refractivity contribution in [2.75, 3.05) is 19.7 Å². The first-order valence-corrected chi connectivity index (χ1v) is 13.4. The number of benzene rings is 3. The molecule has 0 spiro atoms. The molecule has 1 amide bonds. The number of carbonyl (C=O) groups is 1. The van der Waals surface area contributed by atoms with Crippen LogP contribution in [0.4, 0.5) is 9.18 Å². The molecule has 0 saturated carbocycles. The van der Waals surface area contributed by atoms with Crippen molar-refractivity contribution in [3.05, 3.63) is 94.4 Å². The number of fused-ring (bicyclic) bond motifs is 3. The number of ether oxygens (including phenoxy) is 2. The van der Waals surface area contributed by atoms with Crippen molar-refractivity contribution in [1.29, 1.82) is 0 Å². The zero-order valence-corrected chi connectivity index (χ0v) is 21.6. The van der Waals surface area contributed by atoms with Crippen molar-refractivity contribution in [2.45, 2.75) is 37.8 Å².